The third-order valence-electron chi connectivity index (χ3n) is 3.01. The molecule has 110 valence electrons. The summed E-state index contributed by atoms with van der Waals surface area (Å²) in [6, 6.07) is 2.12. The molecule has 0 aliphatic heterocycles. The van der Waals surface area contributed by atoms with Gasteiger partial charge < -0.3 is 15.2 Å². The summed E-state index contributed by atoms with van der Waals surface area (Å²) < 4.78 is 5.47. The number of thiophene rings is 1. The van der Waals surface area contributed by atoms with Crippen LogP contribution in [-0.4, -0.2) is 31.0 Å². The molecule has 1 atom stereocenters. The summed E-state index contributed by atoms with van der Waals surface area (Å²) in [5, 5.41) is 15.1. The molecule has 19 heavy (non-hydrogen) atoms. The number of hydrogen-bond acceptors (Lipinski definition) is 4. The van der Waals surface area contributed by atoms with Crippen LogP contribution in [0.5, 0.6) is 0 Å². The van der Waals surface area contributed by atoms with Gasteiger partial charge in [0.2, 0.25) is 0 Å². The standard InChI is InChI=1S/C15H27NO2S/c1-12(2)5-4-7-18-11-14(17)9-16-10-15-13(3)6-8-19-15/h6,8,12,14,16-17H,4-5,7,9-11H2,1-3H3. The van der Waals surface area contributed by atoms with Gasteiger partial charge in [0.1, 0.15) is 0 Å². The predicted octanol–water partition coefficient (Wildman–Crippen LogP) is 2.96. The Bertz CT molecular complexity index is 339. The first-order valence-corrected chi connectivity index (χ1v) is 7.97. The summed E-state index contributed by atoms with van der Waals surface area (Å²) in [7, 11) is 0. The Labute approximate surface area is 121 Å². The van der Waals surface area contributed by atoms with Crippen molar-refractivity contribution in [2.45, 2.75) is 46.3 Å². The monoisotopic (exact) mass is 285 g/mol. The minimum Gasteiger partial charge on any atom is -0.389 e. The fourth-order valence-electron chi connectivity index (χ4n) is 1.81. The third kappa shape index (κ3) is 7.67. The number of aryl methyl sites for hydroxylation is 1. The molecule has 0 saturated heterocycles. The zero-order chi connectivity index (χ0) is 14.1. The average molecular weight is 285 g/mol. The van der Waals surface area contributed by atoms with E-state index in [0.717, 1.165) is 25.5 Å². The zero-order valence-corrected chi connectivity index (χ0v) is 13.1. The summed E-state index contributed by atoms with van der Waals surface area (Å²) in [4.78, 5) is 1.34. The van der Waals surface area contributed by atoms with Crippen LogP contribution >= 0.6 is 11.3 Å². The minimum atomic E-state index is -0.417. The maximum Gasteiger partial charge on any atom is 0.0897 e. The van der Waals surface area contributed by atoms with E-state index >= 15 is 0 Å². The van der Waals surface area contributed by atoms with Crippen LogP contribution in [0, 0.1) is 12.8 Å². The van der Waals surface area contributed by atoms with Crippen molar-refractivity contribution in [1.82, 2.24) is 5.32 Å². The topological polar surface area (TPSA) is 41.5 Å². The summed E-state index contributed by atoms with van der Waals surface area (Å²) in [5.41, 5.74) is 1.32. The van der Waals surface area contributed by atoms with Crippen molar-refractivity contribution < 1.29 is 9.84 Å². The number of nitrogens with one attached hydrogen (secondary N) is 1. The van der Waals surface area contributed by atoms with Crippen LogP contribution in [0.1, 0.15) is 37.1 Å². The van der Waals surface area contributed by atoms with Gasteiger partial charge in [-0.05, 0) is 42.7 Å². The van der Waals surface area contributed by atoms with E-state index in [1.54, 1.807) is 11.3 Å². The summed E-state index contributed by atoms with van der Waals surface area (Å²) >= 11 is 1.75. The lowest BCUT2D eigenvalue weighted by atomic mass is 10.1. The van der Waals surface area contributed by atoms with Crippen molar-refractivity contribution in [3.8, 4) is 0 Å². The number of aliphatic hydroxyl groups excluding tert-OH is 1. The molecule has 1 heterocycles. The molecule has 1 unspecified atom stereocenters. The van der Waals surface area contributed by atoms with E-state index in [1.807, 2.05) is 0 Å². The maximum atomic E-state index is 9.77. The molecule has 4 heteroatoms. The van der Waals surface area contributed by atoms with Gasteiger partial charge in [-0.1, -0.05) is 13.8 Å². The maximum absolute atomic E-state index is 9.77. The van der Waals surface area contributed by atoms with Gasteiger partial charge in [0.25, 0.3) is 0 Å². The molecule has 0 amide bonds. The molecule has 3 nitrogen and oxygen atoms in total. The lowest BCUT2D eigenvalue weighted by Crippen LogP contribution is -2.30. The third-order valence-corrected chi connectivity index (χ3v) is 4.04. The molecule has 1 rings (SSSR count). The van der Waals surface area contributed by atoms with Gasteiger partial charge in [-0.25, -0.2) is 0 Å². The van der Waals surface area contributed by atoms with Gasteiger partial charge in [0.05, 0.1) is 12.7 Å². The Kier molecular flexibility index (Phi) is 8.30. The quantitative estimate of drug-likeness (QED) is 0.649. The Hall–Kier alpha value is -0.420. The molecule has 0 fully saturated rings. The van der Waals surface area contributed by atoms with Crippen LogP contribution in [-0.2, 0) is 11.3 Å². The number of hydrogen-bond donors (Lipinski definition) is 2. The first kappa shape index (κ1) is 16.6. The highest BCUT2D eigenvalue weighted by molar-refractivity contribution is 7.10. The van der Waals surface area contributed by atoms with Crippen molar-refractivity contribution in [2.24, 2.45) is 5.92 Å². The molecule has 0 bridgehead atoms. The second-order valence-electron chi connectivity index (χ2n) is 5.42. The SMILES string of the molecule is Cc1ccsc1CNCC(O)COCCCC(C)C. The van der Waals surface area contributed by atoms with Crippen molar-refractivity contribution in [2.75, 3.05) is 19.8 Å². The van der Waals surface area contributed by atoms with E-state index in [-0.39, 0.29) is 0 Å². The predicted molar refractivity (Wildman–Crippen MR) is 81.7 cm³/mol. The van der Waals surface area contributed by atoms with Gasteiger partial charge in [-0.3, -0.25) is 0 Å². The zero-order valence-electron chi connectivity index (χ0n) is 12.3. The van der Waals surface area contributed by atoms with Gasteiger partial charge in [0.15, 0.2) is 0 Å². The van der Waals surface area contributed by atoms with E-state index in [1.165, 1.54) is 16.9 Å². The largest absolute Gasteiger partial charge is 0.389 e. The van der Waals surface area contributed by atoms with Crippen LogP contribution in [0.2, 0.25) is 0 Å². The normalized spacial score (nSPS) is 13.1. The van der Waals surface area contributed by atoms with Crippen LogP contribution in [0.15, 0.2) is 11.4 Å². The molecule has 2 N–H and O–H groups in total. The summed E-state index contributed by atoms with van der Waals surface area (Å²) in [5.74, 6) is 0.726. The second kappa shape index (κ2) is 9.48. The van der Waals surface area contributed by atoms with E-state index in [2.05, 4.69) is 37.5 Å². The molecule has 0 radical (unpaired) electrons. The Balaban J connectivity index is 1.99. The first-order valence-electron chi connectivity index (χ1n) is 7.09. The van der Waals surface area contributed by atoms with Gasteiger partial charge in [-0.2, -0.15) is 0 Å². The van der Waals surface area contributed by atoms with Gasteiger partial charge >= 0.3 is 0 Å². The summed E-state index contributed by atoms with van der Waals surface area (Å²) in [6.07, 6.45) is 1.84. The van der Waals surface area contributed by atoms with E-state index in [0.29, 0.717) is 13.2 Å². The van der Waals surface area contributed by atoms with Crippen molar-refractivity contribution in [1.29, 1.82) is 0 Å². The molecule has 0 aromatic carbocycles. The Morgan fingerprint density at radius 3 is 2.84 bits per heavy atom. The van der Waals surface area contributed by atoms with Crippen molar-refractivity contribution in [3.63, 3.8) is 0 Å². The van der Waals surface area contributed by atoms with Gasteiger partial charge in [-0.15, -0.1) is 11.3 Å². The molecule has 1 aromatic heterocycles. The van der Waals surface area contributed by atoms with Crippen LogP contribution < -0.4 is 5.32 Å². The van der Waals surface area contributed by atoms with E-state index < -0.39 is 6.10 Å². The fraction of sp³-hybridized carbons (Fsp3) is 0.733. The van der Waals surface area contributed by atoms with Crippen molar-refractivity contribution in [3.05, 3.63) is 21.9 Å². The van der Waals surface area contributed by atoms with Crippen molar-refractivity contribution >= 4 is 11.3 Å². The molecular formula is C15H27NO2S. The highest BCUT2D eigenvalue weighted by Crippen LogP contribution is 2.14. The highest BCUT2D eigenvalue weighted by atomic mass is 32.1. The van der Waals surface area contributed by atoms with Crippen LogP contribution in [0.3, 0.4) is 0 Å². The lowest BCUT2D eigenvalue weighted by Gasteiger charge is -2.12. The molecule has 0 aliphatic carbocycles. The van der Waals surface area contributed by atoms with E-state index in [9.17, 15) is 5.11 Å². The van der Waals surface area contributed by atoms with Gasteiger partial charge in [0, 0.05) is 24.6 Å². The van der Waals surface area contributed by atoms with E-state index in [4.69, 9.17) is 4.74 Å². The molecular weight excluding hydrogens is 258 g/mol. The Morgan fingerprint density at radius 2 is 2.21 bits per heavy atom. The number of ether oxygens (including phenoxy) is 1. The van der Waals surface area contributed by atoms with Crippen LogP contribution in [0.25, 0.3) is 0 Å². The molecule has 0 spiro atoms. The molecule has 0 saturated carbocycles. The fourth-order valence-corrected chi connectivity index (χ4v) is 2.69. The van der Waals surface area contributed by atoms with Crippen LogP contribution in [0.4, 0.5) is 0 Å². The minimum absolute atomic E-state index is 0.417. The lowest BCUT2D eigenvalue weighted by molar-refractivity contribution is 0.0347. The summed E-state index contributed by atoms with van der Waals surface area (Å²) in [6.45, 7) is 9.13. The Morgan fingerprint density at radius 1 is 1.42 bits per heavy atom. The molecule has 1 aromatic rings. The average Bonchev–Trinajstić information content (AvgIpc) is 2.74. The first-order chi connectivity index (χ1) is 9.09. The number of rotatable bonds is 10. The highest BCUT2D eigenvalue weighted by Gasteiger charge is 2.05. The smallest absolute Gasteiger partial charge is 0.0897 e. The number of aliphatic hydroxyl groups is 1. The molecule has 0 aliphatic rings. The second-order valence-corrected chi connectivity index (χ2v) is 6.42.